The van der Waals surface area contributed by atoms with Gasteiger partial charge in [0, 0.05) is 19.3 Å². The molecule has 0 aliphatic carbocycles. The summed E-state index contributed by atoms with van der Waals surface area (Å²) in [6.45, 7) is 6.53. The van der Waals surface area contributed by atoms with E-state index >= 15 is 0 Å². The van der Waals surface area contributed by atoms with Crippen LogP contribution in [0, 0.1) is 0 Å². The Morgan fingerprint density at radius 2 is 0.600 bits per heavy atom. The van der Waals surface area contributed by atoms with Crippen LogP contribution in [0.1, 0.15) is 290 Å². The van der Waals surface area contributed by atoms with Crippen molar-refractivity contribution < 1.29 is 28.6 Å². The van der Waals surface area contributed by atoms with Gasteiger partial charge in [0.15, 0.2) is 6.10 Å². The molecule has 0 saturated heterocycles. The highest BCUT2D eigenvalue weighted by Gasteiger charge is 2.19. The molecule has 0 aromatic heterocycles. The van der Waals surface area contributed by atoms with E-state index in [-0.39, 0.29) is 31.1 Å². The Kier molecular flexibility index (Phi) is 51.8. The molecular formula is C59H106O6. The van der Waals surface area contributed by atoms with Gasteiger partial charge in [0.25, 0.3) is 0 Å². The molecule has 0 rings (SSSR count). The van der Waals surface area contributed by atoms with Gasteiger partial charge in [-0.1, -0.05) is 223 Å². The Balaban J connectivity index is 4.36. The summed E-state index contributed by atoms with van der Waals surface area (Å²) in [6.07, 6.45) is 65.3. The zero-order valence-corrected chi connectivity index (χ0v) is 43.3. The van der Waals surface area contributed by atoms with Gasteiger partial charge in [-0.25, -0.2) is 0 Å². The van der Waals surface area contributed by atoms with Crippen molar-refractivity contribution in [2.75, 3.05) is 13.2 Å². The molecule has 0 saturated carbocycles. The maximum atomic E-state index is 12.8. The Hall–Kier alpha value is -2.63. The largest absolute Gasteiger partial charge is 0.462 e. The Morgan fingerprint density at radius 3 is 0.938 bits per heavy atom. The second-order valence-electron chi connectivity index (χ2n) is 18.8. The van der Waals surface area contributed by atoms with Gasteiger partial charge in [-0.3, -0.25) is 14.4 Å². The van der Waals surface area contributed by atoms with Crippen LogP contribution in [0.25, 0.3) is 0 Å². The van der Waals surface area contributed by atoms with Gasteiger partial charge in [-0.15, -0.1) is 0 Å². The normalized spacial score (nSPS) is 12.4. The molecule has 0 radical (unpaired) electrons. The average molecular weight is 911 g/mol. The molecule has 378 valence electrons. The second-order valence-corrected chi connectivity index (χ2v) is 18.8. The highest BCUT2D eigenvalue weighted by atomic mass is 16.6. The Bertz CT molecular complexity index is 1140. The summed E-state index contributed by atoms with van der Waals surface area (Å²) in [4.78, 5) is 38.1. The molecule has 6 heteroatoms. The van der Waals surface area contributed by atoms with Crippen LogP contribution in [0.3, 0.4) is 0 Å². The van der Waals surface area contributed by atoms with E-state index in [0.717, 1.165) is 89.9 Å². The lowest BCUT2D eigenvalue weighted by Crippen LogP contribution is -2.30. The molecule has 0 aromatic carbocycles. The molecular weight excluding hydrogens is 805 g/mol. The number of allylic oxidation sites excluding steroid dienone is 8. The van der Waals surface area contributed by atoms with E-state index in [2.05, 4.69) is 69.4 Å². The van der Waals surface area contributed by atoms with Gasteiger partial charge in [0.1, 0.15) is 13.2 Å². The van der Waals surface area contributed by atoms with Crippen LogP contribution >= 0.6 is 0 Å². The van der Waals surface area contributed by atoms with Crippen molar-refractivity contribution in [1.29, 1.82) is 0 Å². The molecule has 0 aliphatic rings. The third kappa shape index (κ3) is 52.2. The summed E-state index contributed by atoms with van der Waals surface area (Å²) in [7, 11) is 0. The minimum absolute atomic E-state index is 0.0825. The van der Waals surface area contributed by atoms with E-state index in [9.17, 15) is 14.4 Å². The zero-order valence-electron chi connectivity index (χ0n) is 43.3. The van der Waals surface area contributed by atoms with Crippen molar-refractivity contribution in [3.05, 3.63) is 48.6 Å². The summed E-state index contributed by atoms with van der Waals surface area (Å²) in [5.74, 6) is -0.899. The SMILES string of the molecule is CC/C=C\C/C=C\CCCCCCCC(=O)OCC(COC(=O)CCCCCCC/C=C\CCCCCCCCCCC)OC(=O)CCCCCCCCC/C=C\CCCCCCCC. The van der Waals surface area contributed by atoms with Crippen LogP contribution in [-0.4, -0.2) is 37.2 Å². The van der Waals surface area contributed by atoms with Crippen LogP contribution in [0.4, 0.5) is 0 Å². The molecule has 1 atom stereocenters. The minimum Gasteiger partial charge on any atom is -0.462 e. The number of hydrogen-bond donors (Lipinski definition) is 0. The van der Waals surface area contributed by atoms with Gasteiger partial charge in [0.2, 0.25) is 0 Å². The third-order valence-electron chi connectivity index (χ3n) is 12.3. The number of carbonyl (C=O) groups excluding carboxylic acids is 3. The van der Waals surface area contributed by atoms with Gasteiger partial charge < -0.3 is 14.2 Å². The summed E-state index contributed by atoms with van der Waals surface area (Å²) < 4.78 is 16.8. The van der Waals surface area contributed by atoms with Crippen LogP contribution in [0.2, 0.25) is 0 Å². The smallest absolute Gasteiger partial charge is 0.306 e. The lowest BCUT2D eigenvalue weighted by Gasteiger charge is -2.18. The second kappa shape index (κ2) is 54.0. The van der Waals surface area contributed by atoms with E-state index in [1.807, 2.05) is 0 Å². The number of unbranched alkanes of at least 4 members (excludes halogenated alkanes) is 32. The van der Waals surface area contributed by atoms with Gasteiger partial charge in [-0.2, -0.15) is 0 Å². The molecule has 65 heavy (non-hydrogen) atoms. The fourth-order valence-corrected chi connectivity index (χ4v) is 8.06. The van der Waals surface area contributed by atoms with Gasteiger partial charge in [0.05, 0.1) is 0 Å². The van der Waals surface area contributed by atoms with Crippen LogP contribution in [0.15, 0.2) is 48.6 Å². The Morgan fingerprint density at radius 1 is 0.323 bits per heavy atom. The number of hydrogen-bond acceptors (Lipinski definition) is 6. The molecule has 0 aliphatic heterocycles. The van der Waals surface area contributed by atoms with Crippen LogP contribution in [0.5, 0.6) is 0 Å². The van der Waals surface area contributed by atoms with Crippen LogP contribution in [-0.2, 0) is 28.6 Å². The van der Waals surface area contributed by atoms with Crippen molar-refractivity contribution in [2.24, 2.45) is 0 Å². The number of carbonyl (C=O) groups is 3. The Labute approximate surface area is 403 Å². The number of ether oxygens (including phenoxy) is 3. The minimum atomic E-state index is -0.783. The predicted molar refractivity (Wildman–Crippen MR) is 279 cm³/mol. The zero-order chi connectivity index (χ0) is 47.2. The molecule has 0 aromatic rings. The third-order valence-corrected chi connectivity index (χ3v) is 12.3. The summed E-state index contributed by atoms with van der Waals surface area (Å²) >= 11 is 0. The lowest BCUT2D eigenvalue weighted by molar-refractivity contribution is -0.167. The average Bonchev–Trinajstić information content (AvgIpc) is 3.30. The van der Waals surface area contributed by atoms with Crippen molar-refractivity contribution in [2.45, 2.75) is 297 Å². The van der Waals surface area contributed by atoms with Gasteiger partial charge in [-0.05, 0) is 96.3 Å². The number of rotatable bonds is 51. The van der Waals surface area contributed by atoms with Crippen molar-refractivity contribution in [1.82, 2.24) is 0 Å². The molecule has 0 bridgehead atoms. The first-order valence-corrected chi connectivity index (χ1v) is 28.1. The topological polar surface area (TPSA) is 78.9 Å². The molecule has 0 spiro atoms. The van der Waals surface area contributed by atoms with Crippen molar-refractivity contribution >= 4 is 17.9 Å². The molecule has 6 nitrogen and oxygen atoms in total. The summed E-state index contributed by atoms with van der Waals surface area (Å²) in [6, 6.07) is 0. The molecule has 0 N–H and O–H groups in total. The lowest BCUT2D eigenvalue weighted by atomic mass is 10.1. The van der Waals surface area contributed by atoms with Crippen molar-refractivity contribution in [3.8, 4) is 0 Å². The molecule has 0 heterocycles. The van der Waals surface area contributed by atoms with Crippen molar-refractivity contribution in [3.63, 3.8) is 0 Å². The van der Waals surface area contributed by atoms with Gasteiger partial charge >= 0.3 is 17.9 Å². The molecule has 1 unspecified atom stereocenters. The molecule has 0 amide bonds. The maximum Gasteiger partial charge on any atom is 0.306 e. The standard InChI is InChI=1S/C59H106O6/c1-4-7-10-13-16-19-22-25-27-29-31-32-34-37-40-43-46-49-52-58(61)64-55-56(54-63-57(60)51-48-45-42-39-36-24-21-18-15-12-9-6-3)65-59(62)53-50-47-44-41-38-35-33-30-28-26-23-20-17-14-11-8-5-2/h9,12,18,21,26,28,31-32,56H,4-8,10-11,13-17,19-20,22-25,27,29-30,33-55H2,1-3H3/b12-9-,21-18-,28-26-,32-31-. The maximum absolute atomic E-state index is 12.8. The summed E-state index contributed by atoms with van der Waals surface area (Å²) in [5.41, 5.74) is 0. The highest BCUT2D eigenvalue weighted by molar-refractivity contribution is 5.71. The fraction of sp³-hybridized carbons (Fsp3) is 0.814. The van der Waals surface area contributed by atoms with Crippen LogP contribution < -0.4 is 0 Å². The first kappa shape index (κ1) is 62.4. The quantitative estimate of drug-likeness (QED) is 0.0262. The predicted octanol–water partition coefficient (Wildman–Crippen LogP) is 18.7. The van der Waals surface area contributed by atoms with E-state index < -0.39 is 6.10 Å². The van der Waals surface area contributed by atoms with E-state index in [4.69, 9.17) is 14.2 Å². The highest BCUT2D eigenvalue weighted by Crippen LogP contribution is 2.15. The monoisotopic (exact) mass is 911 g/mol. The fourth-order valence-electron chi connectivity index (χ4n) is 8.06. The molecule has 0 fully saturated rings. The van der Waals surface area contributed by atoms with E-state index in [1.54, 1.807) is 0 Å². The van der Waals surface area contributed by atoms with E-state index in [1.165, 1.54) is 161 Å². The summed E-state index contributed by atoms with van der Waals surface area (Å²) in [5, 5.41) is 0. The van der Waals surface area contributed by atoms with E-state index in [0.29, 0.717) is 19.3 Å². The first-order chi connectivity index (χ1) is 32.0. The first-order valence-electron chi connectivity index (χ1n) is 28.1. The number of esters is 3.